The average molecular weight is 314 g/mol. The molecule has 0 fully saturated rings. The van der Waals surface area contributed by atoms with Crippen molar-refractivity contribution in [3.05, 3.63) is 41.6 Å². The number of alkyl carbamates (subject to hydrolysis) is 1. The van der Waals surface area contributed by atoms with Gasteiger partial charge < -0.3 is 14.8 Å². The van der Waals surface area contributed by atoms with Crippen molar-refractivity contribution in [3.63, 3.8) is 0 Å². The molecule has 2 aromatic rings. The molecule has 5 heteroatoms. The van der Waals surface area contributed by atoms with Crippen molar-refractivity contribution in [3.8, 4) is 0 Å². The van der Waals surface area contributed by atoms with Gasteiger partial charge in [0.2, 0.25) is 0 Å². The molecule has 0 saturated heterocycles. The Kier molecular flexibility index (Phi) is 4.41. The highest BCUT2D eigenvalue weighted by Crippen LogP contribution is 2.24. The number of aldehydes is 1. The second kappa shape index (κ2) is 5.99. The number of hydrogen-bond acceptors (Lipinski definition) is 4. The fourth-order valence-electron chi connectivity index (χ4n) is 2.24. The zero-order chi connectivity index (χ0) is 17.3. The highest BCUT2D eigenvalue weighted by Gasteiger charge is 2.30. The van der Waals surface area contributed by atoms with Gasteiger partial charge in [0.25, 0.3) is 0 Å². The number of aryl methyl sites for hydroxylation is 1. The molecule has 0 bridgehead atoms. The summed E-state index contributed by atoms with van der Waals surface area (Å²) in [6.07, 6.45) is 0.0777. The average Bonchev–Trinajstić information content (AvgIpc) is 2.44. The number of amides is 1. The lowest BCUT2D eigenvalue weighted by atomic mass is 9.92. The number of nitrogens with zero attached hydrogens (tertiary/aromatic N) is 1. The molecule has 0 radical (unpaired) electrons. The van der Waals surface area contributed by atoms with Gasteiger partial charge in [0.1, 0.15) is 17.4 Å². The van der Waals surface area contributed by atoms with E-state index in [1.807, 2.05) is 31.2 Å². The van der Waals surface area contributed by atoms with Gasteiger partial charge in [-0.1, -0.05) is 12.1 Å². The second-order valence-electron chi connectivity index (χ2n) is 6.81. The minimum absolute atomic E-state index is 0.626. The highest BCUT2D eigenvalue weighted by atomic mass is 16.6. The monoisotopic (exact) mass is 314 g/mol. The Balaban J connectivity index is 2.33. The van der Waals surface area contributed by atoms with E-state index in [0.717, 1.165) is 16.6 Å². The Hall–Kier alpha value is -2.43. The minimum Gasteiger partial charge on any atom is -0.444 e. The molecular weight excluding hydrogens is 292 g/mol. The van der Waals surface area contributed by atoms with Crippen LogP contribution in [-0.2, 0) is 15.1 Å². The standard InChI is InChI=1S/C18H22N2O3/c1-12-6-7-13-10-14(8-9-15(13)19-12)18(5,11-21)20-16(22)23-17(2,3)4/h6-11H,1-5H3,(H,20,22). The molecule has 1 N–H and O–H groups in total. The molecule has 0 aliphatic rings. The van der Waals surface area contributed by atoms with Crippen LogP contribution in [0.2, 0.25) is 0 Å². The Labute approximate surface area is 136 Å². The Morgan fingerprint density at radius 2 is 1.87 bits per heavy atom. The number of nitrogens with one attached hydrogen (secondary N) is 1. The molecular formula is C18H22N2O3. The van der Waals surface area contributed by atoms with E-state index in [1.165, 1.54) is 0 Å². The van der Waals surface area contributed by atoms with Crippen molar-refractivity contribution in [1.82, 2.24) is 10.3 Å². The van der Waals surface area contributed by atoms with Crippen LogP contribution in [0.15, 0.2) is 30.3 Å². The third-order valence-corrected chi connectivity index (χ3v) is 3.42. The van der Waals surface area contributed by atoms with Gasteiger partial charge in [0.05, 0.1) is 5.52 Å². The van der Waals surface area contributed by atoms with Crippen LogP contribution in [0.5, 0.6) is 0 Å². The highest BCUT2D eigenvalue weighted by molar-refractivity contribution is 5.83. The van der Waals surface area contributed by atoms with Gasteiger partial charge in [-0.15, -0.1) is 0 Å². The first-order valence-electron chi connectivity index (χ1n) is 7.48. The summed E-state index contributed by atoms with van der Waals surface area (Å²) in [6.45, 7) is 8.89. The normalized spacial score (nSPS) is 14.1. The van der Waals surface area contributed by atoms with Crippen LogP contribution in [0.3, 0.4) is 0 Å². The van der Waals surface area contributed by atoms with Gasteiger partial charge in [-0.05, 0) is 58.4 Å². The van der Waals surface area contributed by atoms with Crippen molar-refractivity contribution < 1.29 is 14.3 Å². The summed E-state index contributed by atoms with van der Waals surface area (Å²) in [5, 5.41) is 3.55. The fourth-order valence-corrected chi connectivity index (χ4v) is 2.24. The van der Waals surface area contributed by atoms with E-state index in [1.54, 1.807) is 33.8 Å². The van der Waals surface area contributed by atoms with Crippen molar-refractivity contribution in [2.45, 2.75) is 45.8 Å². The Bertz CT molecular complexity index is 750. The van der Waals surface area contributed by atoms with Crippen LogP contribution >= 0.6 is 0 Å². The quantitative estimate of drug-likeness (QED) is 0.881. The van der Waals surface area contributed by atoms with Crippen molar-refractivity contribution in [2.24, 2.45) is 0 Å². The summed E-state index contributed by atoms with van der Waals surface area (Å²) < 4.78 is 5.24. The molecule has 0 aliphatic heterocycles. The predicted molar refractivity (Wildman–Crippen MR) is 89.3 cm³/mol. The molecule has 1 heterocycles. The molecule has 5 nitrogen and oxygen atoms in total. The van der Waals surface area contributed by atoms with E-state index in [9.17, 15) is 9.59 Å². The van der Waals surface area contributed by atoms with Gasteiger partial charge in [0, 0.05) is 11.1 Å². The summed E-state index contributed by atoms with van der Waals surface area (Å²) >= 11 is 0. The van der Waals surface area contributed by atoms with E-state index < -0.39 is 17.2 Å². The third-order valence-electron chi connectivity index (χ3n) is 3.42. The lowest BCUT2D eigenvalue weighted by molar-refractivity contribution is -0.113. The second-order valence-corrected chi connectivity index (χ2v) is 6.81. The van der Waals surface area contributed by atoms with Crippen LogP contribution in [-0.4, -0.2) is 23.0 Å². The summed E-state index contributed by atoms with van der Waals surface area (Å²) in [4.78, 5) is 28.1. The van der Waals surface area contributed by atoms with Gasteiger partial charge >= 0.3 is 6.09 Å². The molecule has 0 spiro atoms. The molecule has 1 amide bonds. The molecule has 23 heavy (non-hydrogen) atoms. The van der Waals surface area contributed by atoms with Crippen molar-refractivity contribution in [1.29, 1.82) is 0 Å². The number of carbonyl (C=O) groups excluding carboxylic acids is 2. The maximum Gasteiger partial charge on any atom is 0.408 e. The lowest BCUT2D eigenvalue weighted by Crippen LogP contribution is -2.46. The maximum atomic E-state index is 12.0. The van der Waals surface area contributed by atoms with E-state index in [0.29, 0.717) is 11.8 Å². The molecule has 122 valence electrons. The number of pyridine rings is 1. The Morgan fingerprint density at radius 3 is 2.48 bits per heavy atom. The summed E-state index contributed by atoms with van der Waals surface area (Å²) in [5.74, 6) is 0. The van der Waals surface area contributed by atoms with Gasteiger partial charge in [-0.3, -0.25) is 4.98 Å². The third kappa shape index (κ3) is 4.06. The molecule has 1 atom stereocenters. The summed E-state index contributed by atoms with van der Waals surface area (Å²) in [7, 11) is 0. The molecule has 1 unspecified atom stereocenters. The zero-order valence-corrected chi connectivity index (χ0v) is 14.1. The number of aromatic nitrogens is 1. The molecule has 0 aliphatic carbocycles. The van der Waals surface area contributed by atoms with Gasteiger partial charge in [-0.25, -0.2) is 4.79 Å². The van der Waals surface area contributed by atoms with Crippen LogP contribution < -0.4 is 5.32 Å². The maximum absolute atomic E-state index is 12.0. The number of rotatable bonds is 3. The van der Waals surface area contributed by atoms with E-state index in [4.69, 9.17) is 4.74 Å². The van der Waals surface area contributed by atoms with Crippen LogP contribution in [0.25, 0.3) is 10.9 Å². The Morgan fingerprint density at radius 1 is 1.17 bits per heavy atom. The first-order valence-corrected chi connectivity index (χ1v) is 7.48. The number of hydrogen-bond donors (Lipinski definition) is 1. The predicted octanol–water partition coefficient (Wildman–Crippen LogP) is 3.48. The molecule has 0 saturated carbocycles. The van der Waals surface area contributed by atoms with E-state index >= 15 is 0 Å². The number of fused-ring (bicyclic) bond motifs is 1. The topological polar surface area (TPSA) is 68.3 Å². The largest absolute Gasteiger partial charge is 0.444 e. The fraction of sp³-hybridized carbons (Fsp3) is 0.389. The number of ether oxygens (including phenoxy) is 1. The van der Waals surface area contributed by atoms with Crippen LogP contribution in [0.1, 0.15) is 39.0 Å². The minimum atomic E-state index is -1.17. The summed E-state index contributed by atoms with van der Waals surface area (Å²) in [6, 6.07) is 9.34. The number of carbonyl (C=O) groups is 2. The van der Waals surface area contributed by atoms with Crippen LogP contribution in [0.4, 0.5) is 4.79 Å². The first-order chi connectivity index (χ1) is 10.6. The van der Waals surface area contributed by atoms with Gasteiger partial charge in [-0.2, -0.15) is 0 Å². The molecule has 1 aromatic carbocycles. The summed E-state index contributed by atoms with van der Waals surface area (Å²) in [5.41, 5.74) is 0.659. The van der Waals surface area contributed by atoms with Crippen molar-refractivity contribution >= 4 is 23.3 Å². The SMILES string of the molecule is Cc1ccc2cc(C(C)(C=O)NC(=O)OC(C)(C)C)ccc2n1. The zero-order valence-electron chi connectivity index (χ0n) is 14.1. The molecule has 1 aromatic heterocycles. The molecule has 2 rings (SSSR count). The lowest BCUT2D eigenvalue weighted by Gasteiger charge is -2.28. The van der Waals surface area contributed by atoms with Crippen molar-refractivity contribution in [2.75, 3.05) is 0 Å². The number of benzene rings is 1. The van der Waals surface area contributed by atoms with Gasteiger partial charge in [0.15, 0.2) is 0 Å². The first kappa shape index (κ1) is 16.9. The smallest absolute Gasteiger partial charge is 0.408 e. The van der Waals surface area contributed by atoms with E-state index in [2.05, 4.69) is 10.3 Å². The van der Waals surface area contributed by atoms with E-state index in [-0.39, 0.29) is 0 Å². The van der Waals surface area contributed by atoms with Crippen LogP contribution in [0, 0.1) is 6.92 Å².